The second-order valence-electron chi connectivity index (χ2n) is 9.91. The largest absolute Gasteiger partial charge is 0.492 e. The number of fused-ring (bicyclic) bond motifs is 1. The fourth-order valence-electron chi connectivity index (χ4n) is 4.95. The maximum absolute atomic E-state index is 13.9. The number of hydrogen-bond acceptors (Lipinski definition) is 6. The Morgan fingerprint density at radius 1 is 0.909 bits per heavy atom. The molecule has 5 rings (SSSR count). The van der Waals surface area contributed by atoms with Crippen molar-refractivity contribution in [2.75, 3.05) is 24.6 Å². The van der Waals surface area contributed by atoms with E-state index in [1.165, 1.54) is 49.6 Å². The average Bonchev–Trinajstić information content (AvgIpc) is 3.43. The van der Waals surface area contributed by atoms with Crippen LogP contribution in [-0.2, 0) is 32.2 Å². The van der Waals surface area contributed by atoms with E-state index in [9.17, 15) is 31.2 Å². The van der Waals surface area contributed by atoms with Crippen LogP contribution in [0.2, 0.25) is 0 Å². The van der Waals surface area contributed by atoms with Crippen LogP contribution in [0.3, 0.4) is 0 Å². The minimum absolute atomic E-state index is 0.0553. The maximum Gasteiger partial charge on any atom is 0.416 e. The van der Waals surface area contributed by atoms with Gasteiger partial charge in [-0.05, 0) is 65.2 Å². The zero-order valence-corrected chi connectivity index (χ0v) is 24.2. The predicted octanol–water partition coefficient (Wildman–Crippen LogP) is 5.47. The summed E-state index contributed by atoms with van der Waals surface area (Å²) in [4.78, 5) is 24.9. The summed E-state index contributed by atoms with van der Waals surface area (Å²) >= 11 is 0. The van der Waals surface area contributed by atoms with E-state index in [4.69, 9.17) is 9.47 Å². The summed E-state index contributed by atoms with van der Waals surface area (Å²) in [7, 11) is -2.98. The van der Waals surface area contributed by atoms with Gasteiger partial charge in [0, 0.05) is 6.42 Å². The van der Waals surface area contributed by atoms with Crippen molar-refractivity contribution in [2.24, 2.45) is 0 Å². The van der Waals surface area contributed by atoms with Gasteiger partial charge in [-0.25, -0.2) is 13.2 Å². The first-order valence-electron chi connectivity index (χ1n) is 13.5. The Morgan fingerprint density at radius 2 is 1.64 bits per heavy atom. The first kappa shape index (κ1) is 30.6. The molecule has 0 aromatic heterocycles. The summed E-state index contributed by atoms with van der Waals surface area (Å²) in [5.41, 5.74) is 1.23. The van der Waals surface area contributed by atoms with Gasteiger partial charge in [-0.3, -0.25) is 9.10 Å². The van der Waals surface area contributed by atoms with Crippen molar-refractivity contribution in [3.05, 3.63) is 114 Å². The maximum atomic E-state index is 13.9. The highest BCUT2D eigenvalue weighted by Gasteiger charge is 2.42. The summed E-state index contributed by atoms with van der Waals surface area (Å²) in [6.45, 7) is 0.119. The normalized spacial score (nSPS) is 14.5. The number of carbonyl (C=O) groups is 2. The van der Waals surface area contributed by atoms with Crippen molar-refractivity contribution >= 4 is 27.6 Å². The number of hydrogen-bond donors (Lipinski definition) is 1. The van der Waals surface area contributed by atoms with E-state index in [-0.39, 0.29) is 30.0 Å². The number of nitrogens with one attached hydrogen (secondary N) is 1. The minimum Gasteiger partial charge on any atom is -0.492 e. The van der Waals surface area contributed by atoms with Crippen LogP contribution in [0.5, 0.6) is 5.75 Å². The summed E-state index contributed by atoms with van der Waals surface area (Å²) in [6, 6.07) is 22.3. The molecule has 1 aliphatic rings. The van der Waals surface area contributed by atoms with Gasteiger partial charge in [0.2, 0.25) is 5.91 Å². The number of halogens is 3. The quantitative estimate of drug-likeness (QED) is 0.196. The van der Waals surface area contributed by atoms with Crippen LogP contribution in [0.15, 0.2) is 102 Å². The molecule has 4 aromatic carbocycles. The third kappa shape index (κ3) is 6.40. The van der Waals surface area contributed by atoms with Gasteiger partial charge in [0.1, 0.15) is 18.4 Å². The third-order valence-corrected chi connectivity index (χ3v) is 8.92. The molecule has 1 heterocycles. The van der Waals surface area contributed by atoms with Crippen molar-refractivity contribution in [2.45, 2.75) is 23.5 Å². The van der Waals surface area contributed by atoms with Crippen molar-refractivity contribution in [1.82, 2.24) is 5.32 Å². The summed E-state index contributed by atoms with van der Waals surface area (Å²) in [5, 5.41) is 2.73. The average molecular weight is 625 g/mol. The van der Waals surface area contributed by atoms with Crippen LogP contribution in [0.25, 0.3) is 11.1 Å². The first-order chi connectivity index (χ1) is 21.0. The van der Waals surface area contributed by atoms with Crippen LogP contribution in [0.1, 0.15) is 21.5 Å². The molecule has 0 fully saturated rings. The first-order valence-corrected chi connectivity index (χ1v) is 14.9. The van der Waals surface area contributed by atoms with E-state index in [0.717, 1.165) is 16.4 Å². The Balaban J connectivity index is 1.32. The van der Waals surface area contributed by atoms with E-state index in [1.807, 2.05) is 0 Å². The Bertz CT molecular complexity index is 1790. The molecule has 8 nitrogen and oxygen atoms in total. The van der Waals surface area contributed by atoms with Crippen molar-refractivity contribution in [3.8, 4) is 16.9 Å². The zero-order valence-electron chi connectivity index (χ0n) is 23.4. The van der Waals surface area contributed by atoms with Crippen molar-refractivity contribution in [1.29, 1.82) is 0 Å². The molecule has 1 N–H and O–H groups in total. The monoisotopic (exact) mass is 624 g/mol. The number of ether oxygens (including phenoxy) is 2. The van der Waals surface area contributed by atoms with Crippen LogP contribution in [0.4, 0.5) is 18.9 Å². The predicted molar refractivity (Wildman–Crippen MR) is 157 cm³/mol. The lowest BCUT2D eigenvalue weighted by molar-refractivity contribution is -0.137. The van der Waals surface area contributed by atoms with E-state index in [0.29, 0.717) is 28.1 Å². The zero-order chi connectivity index (χ0) is 31.5. The molecule has 1 amide bonds. The number of benzene rings is 4. The smallest absolute Gasteiger partial charge is 0.416 e. The lowest BCUT2D eigenvalue weighted by atomic mass is 10.0. The Kier molecular flexibility index (Phi) is 8.63. The fourth-order valence-corrected chi connectivity index (χ4v) is 6.60. The summed E-state index contributed by atoms with van der Waals surface area (Å²) in [5.74, 6) is -0.651. The van der Waals surface area contributed by atoms with Crippen molar-refractivity contribution in [3.63, 3.8) is 0 Å². The number of alkyl halides is 3. The molecule has 44 heavy (non-hydrogen) atoms. The van der Waals surface area contributed by atoms with Gasteiger partial charge in [-0.1, -0.05) is 48.5 Å². The molecule has 0 radical (unpaired) electrons. The number of amides is 1. The third-order valence-electron chi connectivity index (χ3n) is 7.09. The van der Waals surface area contributed by atoms with Crippen LogP contribution >= 0.6 is 0 Å². The molecule has 4 aromatic rings. The van der Waals surface area contributed by atoms with Gasteiger partial charge in [0.25, 0.3) is 10.0 Å². The number of anilines is 1. The SMILES string of the molecule is COC(=O)c1cccc(OCCNC(=O)[C@@H]2Cc3ccccc3N2S(=O)(=O)c2ccc(-c3cccc(C(F)(F)F)c3)cc2)c1. The van der Waals surface area contributed by atoms with Crippen LogP contribution in [-0.4, -0.2) is 46.6 Å². The molecule has 1 atom stereocenters. The molecule has 12 heteroatoms. The Labute approximate surface area is 252 Å². The number of esters is 1. The number of carbonyl (C=O) groups excluding carboxylic acids is 2. The highest BCUT2D eigenvalue weighted by Crippen LogP contribution is 2.38. The number of para-hydroxylation sites is 1. The molecule has 1 aliphatic heterocycles. The topological polar surface area (TPSA) is 102 Å². The van der Waals surface area contributed by atoms with Crippen LogP contribution < -0.4 is 14.4 Å². The highest BCUT2D eigenvalue weighted by atomic mass is 32.2. The minimum atomic E-state index is -4.51. The standard InChI is InChI=1S/C32H27F3N2O6S/c1-42-31(39)24-8-5-10-26(19-24)43-17-16-36-30(38)29-20-23-6-2-3-11-28(23)37(29)44(40,41)27-14-12-21(13-15-27)22-7-4-9-25(18-22)32(33,34)35/h2-15,18-19,29H,16-17,20H2,1H3,(H,36,38)/t29-/m0/s1. The van der Waals surface area contributed by atoms with Gasteiger partial charge in [-0.2, -0.15) is 13.2 Å². The van der Waals surface area contributed by atoms with Gasteiger partial charge in [-0.15, -0.1) is 0 Å². The number of rotatable bonds is 9. The van der Waals surface area contributed by atoms with Gasteiger partial charge in [0.05, 0.1) is 35.4 Å². The molecule has 0 unspecified atom stereocenters. The van der Waals surface area contributed by atoms with E-state index < -0.39 is 39.7 Å². The molecular formula is C32H27F3N2O6S. The van der Waals surface area contributed by atoms with Gasteiger partial charge in [0.15, 0.2) is 0 Å². The number of sulfonamides is 1. The number of methoxy groups -OCH3 is 1. The molecule has 228 valence electrons. The van der Waals surface area contributed by atoms with Gasteiger partial charge >= 0.3 is 12.1 Å². The Hall–Kier alpha value is -4.84. The molecule has 0 bridgehead atoms. The van der Waals surface area contributed by atoms with Crippen molar-refractivity contribution < 1.29 is 40.7 Å². The summed E-state index contributed by atoms with van der Waals surface area (Å²) < 4.78 is 78.8. The van der Waals surface area contributed by atoms with Gasteiger partial charge < -0.3 is 14.8 Å². The van der Waals surface area contributed by atoms with E-state index >= 15 is 0 Å². The molecule has 0 saturated carbocycles. The lowest BCUT2D eigenvalue weighted by Gasteiger charge is -2.26. The summed E-state index contributed by atoms with van der Waals surface area (Å²) in [6.07, 6.45) is -4.37. The van der Waals surface area contributed by atoms with E-state index in [1.54, 1.807) is 42.5 Å². The molecular weight excluding hydrogens is 597 g/mol. The molecule has 0 saturated heterocycles. The van der Waals surface area contributed by atoms with E-state index in [2.05, 4.69) is 5.32 Å². The highest BCUT2D eigenvalue weighted by molar-refractivity contribution is 7.93. The second kappa shape index (κ2) is 12.4. The number of nitrogens with zero attached hydrogens (tertiary/aromatic N) is 1. The second-order valence-corrected chi connectivity index (χ2v) is 11.7. The molecule has 0 aliphatic carbocycles. The molecule has 0 spiro atoms. The van der Waals surface area contributed by atoms with Crippen LogP contribution in [0, 0.1) is 0 Å². The lowest BCUT2D eigenvalue weighted by Crippen LogP contribution is -2.48. The Morgan fingerprint density at radius 3 is 2.36 bits per heavy atom. The fraction of sp³-hybridized carbons (Fsp3) is 0.188.